The number of fused-ring (bicyclic) bond motifs is 1. The molecule has 0 spiro atoms. The molecule has 3 aromatic rings. The van der Waals surface area contributed by atoms with Gasteiger partial charge in [0.2, 0.25) is 0 Å². The summed E-state index contributed by atoms with van der Waals surface area (Å²) in [5.41, 5.74) is 4.08. The van der Waals surface area contributed by atoms with Crippen LogP contribution in [-0.4, -0.2) is 47.9 Å². The minimum atomic E-state index is -0.585. The van der Waals surface area contributed by atoms with Crippen molar-refractivity contribution < 1.29 is 23.8 Å². The van der Waals surface area contributed by atoms with Gasteiger partial charge in [0.15, 0.2) is 0 Å². The van der Waals surface area contributed by atoms with Crippen molar-refractivity contribution in [1.82, 2.24) is 9.47 Å². The zero-order valence-electron chi connectivity index (χ0n) is 24.7. The number of ether oxygens (including phenoxy) is 3. The van der Waals surface area contributed by atoms with E-state index in [2.05, 4.69) is 17.0 Å². The van der Waals surface area contributed by atoms with Crippen LogP contribution in [0.3, 0.4) is 0 Å². The monoisotopic (exact) mass is 546 g/mol. The van der Waals surface area contributed by atoms with Gasteiger partial charge in [-0.1, -0.05) is 31.4 Å². The van der Waals surface area contributed by atoms with Gasteiger partial charge in [-0.15, -0.1) is 0 Å². The van der Waals surface area contributed by atoms with Gasteiger partial charge in [-0.2, -0.15) is 0 Å². The predicted octanol–water partition coefficient (Wildman–Crippen LogP) is 7.28. The first kappa shape index (κ1) is 28.2. The molecule has 5 rings (SSSR count). The molecule has 2 aromatic carbocycles. The van der Waals surface area contributed by atoms with Gasteiger partial charge >= 0.3 is 12.1 Å². The molecule has 7 heteroatoms. The molecule has 0 unspecified atom stereocenters. The number of likely N-dealkylation sites (tertiary alicyclic amines) is 1. The maximum atomic E-state index is 13.1. The van der Waals surface area contributed by atoms with E-state index in [-0.39, 0.29) is 18.1 Å². The number of carbonyl (C=O) groups is 2. The van der Waals surface area contributed by atoms with E-state index < -0.39 is 5.60 Å². The molecule has 7 nitrogen and oxygen atoms in total. The molecule has 2 heterocycles. The highest BCUT2D eigenvalue weighted by atomic mass is 16.6. The predicted molar refractivity (Wildman–Crippen MR) is 156 cm³/mol. The summed E-state index contributed by atoms with van der Waals surface area (Å²) in [6, 6.07) is 12.2. The number of esters is 1. The molecule has 1 aromatic heterocycles. The highest BCUT2D eigenvalue weighted by molar-refractivity contribution is 5.95. The van der Waals surface area contributed by atoms with Crippen LogP contribution in [0.4, 0.5) is 4.79 Å². The third-order valence-corrected chi connectivity index (χ3v) is 8.69. The number of aryl methyl sites for hydroxylation is 1. The molecular weight excluding hydrogens is 504 g/mol. The second-order valence-electron chi connectivity index (χ2n) is 12.4. The Morgan fingerprint density at radius 3 is 2.33 bits per heavy atom. The van der Waals surface area contributed by atoms with Crippen molar-refractivity contribution in [1.29, 1.82) is 0 Å². The Morgan fingerprint density at radius 1 is 1.00 bits per heavy atom. The average molecular weight is 547 g/mol. The first-order valence-corrected chi connectivity index (χ1v) is 14.4. The second-order valence-corrected chi connectivity index (χ2v) is 12.4. The Balaban J connectivity index is 1.50. The minimum Gasteiger partial charge on any atom is -0.496 e. The van der Waals surface area contributed by atoms with E-state index >= 15 is 0 Å². The zero-order chi connectivity index (χ0) is 28.6. The lowest BCUT2D eigenvalue weighted by Gasteiger charge is -2.45. The maximum Gasteiger partial charge on any atom is 0.419 e. The van der Waals surface area contributed by atoms with E-state index in [9.17, 15) is 9.59 Å². The summed E-state index contributed by atoms with van der Waals surface area (Å²) in [5.74, 6) is 2.04. The molecule has 1 saturated carbocycles. The lowest BCUT2D eigenvalue weighted by Crippen LogP contribution is -2.39. The van der Waals surface area contributed by atoms with Gasteiger partial charge < -0.3 is 14.2 Å². The normalized spacial score (nSPS) is 20.2. The number of hydrogen-bond donors (Lipinski definition) is 0. The summed E-state index contributed by atoms with van der Waals surface area (Å²) in [4.78, 5) is 27.7. The van der Waals surface area contributed by atoms with Crippen LogP contribution in [0.25, 0.3) is 10.9 Å². The highest BCUT2D eigenvalue weighted by Crippen LogP contribution is 2.45. The Kier molecular flexibility index (Phi) is 7.96. The van der Waals surface area contributed by atoms with Crippen LogP contribution in [-0.2, 0) is 16.0 Å². The summed E-state index contributed by atoms with van der Waals surface area (Å²) < 4.78 is 18.1. The fourth-order valence-corrected chi connectivity index (χ4v) is 6.45. The van der Waals surface area contributed by atoms with Gasteiger partial charge in [0.05, 0.1) is 25.3 Å². The second kappa shape index (κ2) is 11.3. The molecular formula is C33H42N2O5. The molecule has 0 bridgehead atoms. The number of piperidine rings is 1. The lowest BCUT2D eigenvalue weighted by atomic mass is 9.70. The Morgan fingerprint density at radius 2 is 1.73 bits per heavy atom. The molecule has 0 radical (unpaired) electrons. The van der Waals surface area contributed by atoms with E-state index in [1.54, 1.807) is 17.9 Å². The average Bonchev–Trinajstić information content (AvgIpc) is 3.35. The Bertz CT molecular complexity index is 1380. The molecule has 1 saturated heterocycles. The van der Waals surface area contributed by atoms with Crippen molar-refractivity contribution >= 4 is 23.0 Å². The van der Waals surface area contributed by atoms with E-state index in [0.717, 1.165) is 46.7 Å². The summed E-state index contributed by atoms with van der Waals surface area (Å²) in [6.45, 7) is 9.31. The van der Waals surface area contributed by atoms with Gasteiger partial charge in [0, 0.05) is 29.7 Å². The fraction of sp³-hybridized carbons (Fsp3) is 0.515. The number of carbonyl (C=O) groups excluding carboxylic acids is 2. The van der Waals surface area contributed by atoms with Crippen LogP contribution in [0.1, 0.15) is 86.0 Å². The topological polar surface area (TPSA) is 70.0 Å². The van der Waals surface area contributed by atoms with E-state index in [1.807, 2.05) is 52.0 Å². The fourth-order valence-electron chi connectivity index (χ4n) is 6.45. The summed E-state index contributed by atoms with van der Waals surface area (Å²) in [6.07, 6.45) is 7.71. The van der Waals surface area contributed by atoms with E-state index in [4.69, 9.17) is 14.2 Å². The van der Waals surface area contributed by atoms with Crippen molar-refractivity contribution in [2.75, 3.05) is 20.8 Å². The quantitative estimate of drug-likeness (QED) is 0.303. The zero-order valence-corrected chi connectivity index (χ0v) is 24.7. The van der Waals surface area contributed by atoms with Crippen LogP contribution >= 0.6 is 0 Å². The van der Waals surface area contributed by atoms with Crippen LogP contribution in [0.2, 0.25) is 0 Å². The van der Waals surface area contributed by atoms with Crippen molar-refractivity contribution in [3.63, 3.8) is 0 Å². The molecule has 2 atom stereocenters. The Hall–Kier alpha value is -3.32. The molecule has 1 aliphatic carbocycles. The van der Waals surface area contributed by atoms with Gasteiger partial charge in [0.1, 0.15) is 11.4 Å². The van der Waals surface area contributed by atoms with Crippen LogP contribution in [0.15, 0.2) is 42.6 Å². The third-order valence-electron chi connectivity index (χ3n) is 8.69. The van der Waals surface area contributed by atoms with Gasteiger partial charge in [-0.05, 0) is 94.3 Å². The molecule has 40 heavy (non-hydrogen) atoms. The number of hydrogen-bond acceptors (Lipinski definition) is 6. The third kappa shape index (κ3) is 5.62. The van der Waals surface area contributed by atoms with Crippen molar-refractivity contribution in [3.8, 4) is 5.75 Å². The van der Waals surface area contributed by atoms with Crippen LogP contribution in [0, 0.1) is 18.8 Å². The van der Waals surface area contributed by atoms with E-state index in [0.29, 0.717) is 18.0 Å². The van der Waals surface area contributed by atoms with E-state index in [1.165, 1.54) is 38.4 Å². The number of rotatable bonds is 6. The molecule has 214 valence electrons. The summed E-state index contributed by atoms with van der Waals surface area (Å²) in [7, 11) is 3.12. The molecule has 0 amide bonds. The summed E-state index contributed by atoms with van der Waals surface area (Å²) in [5, 5.41) is 1.00. The maximum absolute atomic E-state index is 13.1. The SMILES string of the molecule is COC(=O)c1ccc([C@@H]2C[C@H](C3CCC3)CCN2Cc2c(OC)cc(C)c3c2ccn3C(=O)OC(C)(C)C)cc1. The molecule has 2 aliphatic rings. The van der Waals surface area contributed by atoms with Gasteiger partial charge in [0.25, 0.3) is 0 Å². The standard InChI is InChI=1S/C33H42N2O5/c1-21-18-29(38-5)27(26-15-17-35(30(21)26)32(37)40-33(2,3)4)20-34-16-14-25(22-8-7-9-22)19-28(34)23-10-12-24(13-11-23)31(36)39-6/h10-13,15,17-18,22,25,28H,7-9,14,16,19-20H2,1-6H3/t25-,28+/m1/s1. The molecule has 0 N–H and O–H groups in total. The lowest BCUT2D eigenvalue weighted by molar-refractivity contribution is 0.0542. The Labute approximate surface area is 237 Å². The van der Waals surface area contributed by atoms with Gasteiger partial charge in [-0.3, -0.25) is 9.47 Å². The minimum absolute atomic E-state index is 0.222. The number of benzene rings is 2. The number of methoxy groups -OCH3 is 2. The van der Waals surface area contributed by atoms with Crippen LogP contribution < -0.4 is 4.74 Å². The number of aromatic nitrogens is 1. The largest absolute Gasteiger partial charge is 0.496 e. The van der Waals surface area contributed by atoms with Crippen LogP contribution in [0.5, 0.6) is 5.75 Å². The van der Waals surface area contributed by atoms with Crippen molar-refractivity contribution in [3.05, 3.63) is 64.8 Å². The first-order chi connectivity index (χ1) is 19.1. The first-order valence-electron chi connectivity index (χ1n) is 14.4. The van der Waals surface area contributed by atoms with Crippen molar-refractivity contribution in [2.45, 2.75) is 78.0 Å². The smallest absolute Gasteiger partial charge is 0.419 e. The van der Waals surface area contributed by atoms with Crippen molar-refractivity contribution in [2.24, 2.45) is 11.8 Å². The van der Waals surface area contributed by atoms with Gasteiger partial charge in [-0.25, -0.2) is 9.59 Å². The molecule has 2 fully saturated rings. The summed E-state index contributed by atoms with van der Waals surface area (Å²) >= 11 is 0. The molecule has 1 aliphatic heterocycles. The number of nitrogens with zero attached hydrogens (tertiary/aromatic N) is 2. The highest BCUT2D eigenvalue weighted by Gasteiger charge is 2.36.